The SMILES string of the molecule is [2H]C([2H])([2H])OC1CCC(Nc2ncc3c(-c4ccc5nccnc5c4)c[nH]c3n2)CC1. The summed E-state index contributed by atoms with van der Waals surface area (Å²) in [5.74, 6) is 0.561. The number of anilines is 1. The van der Waals surface area contributed by atoms with Crippen molar-refractivity contribution in [2.24, 2.45) is 0 Å². The minimum absolute atomic E-state index is 0.197. The lowest BCUT2D eigenvalue weighted by Gasteiger charge is -2.28. The number of fused-ring (bicyclic) bond motifs is 2. The zero-order chi connectivity index (χ0) is 21.4. The fraction of sp³-hybridized carbons (Fsp3) is 0.333. The number of nitrogens with one attached hydrogen (secondary N) is 2. The number of benzene rings is 1. The van der Waals surface area contributed by atoms with Gasteiger partial charge in [0.05, 0.1) is 21.2 Å². The number of hydrogen-bond acceptors (Lipinski definition) is 6. The maximum Gasteiger partial charge on any atom is 0.224 e. The molecule has 2 N–H and O–H groups in total. The average Bonchev–Trinajstić information content (AvgIpc) is 3.17. The van der Waals surface area contributed by atoms with Crippen LogP contribution >= 0.6 is 0 Å². The molecule has 0 saturated heterocycles. The van der Waals surface area contributed by atoms with E-state index in [1.54, 1.807) is 12.4 Å². The largest absolute Gasteiger partial charge is 0.381 e. The lowest BCUT2D eigenvalue weighted by Crippen LogP contribution is -2.29. The van der Waals surface area contributed by atoms with Crippen LogP contribution in [-0.4, -0.2) is 44.1 Å². The van der Waals surface area contributed by atoms with Gasteiger partial charge in [-0.25, -0.2) is 4.98 Å². The van der Waals surface area contributed by atoms with Crippen molar-refractivity contribution in [2.45, 2.75) is 37.8 Å². The summed E-state index contributed by atoms with van der Waals surface area (Å²) in [4.78, 5) is 21.1. The summed E-state index contributed by atoms with van der Waals surface area (Å²) >= 11 is 0. The standard InChI is InChI=1S/C21H22N6O/c1-28-15-5-3-14(4-6-15)26-21-25-12-17-16(11-24-20(17)27-21)13-2-7-18-19(10-13)23-9-8-22-18/h2,7-12,14-15H,3-6H2,1H3,(H2,24,25,26,27)/i1D3. The van der Waals surface area contributed by atoms with E-state index in [0.29, 0.717) is 18.8 Å². The van der Waals surface area contributed by atoms with E-state index in [1.165, 1.54) is 0 Å². The Morgan fingerprint density at radius 3 is 2.82 bits per heavy atom. The fourth-order valence-electron chi connectivity index (χ4n) is 3.85. The Morgan fingerprint density at radius 1 is 1.11 bits per heavy atom. The Hall–Kier alpha value is -3.06. The Bertz CT molecular complexity index is 1220. The highest BCUT2D eigenvalue weighted by Gasteiger charge is 2.21. The first kappa shape index (κ1) is 14.0. The summed E-state index contributed by atoms with van der Waals surface area (Å²) in [6.45, 7) is 0. The second-order valence-electron chi connectivity index (χ2n) is 7.15. The van der Waals surface area contributed by atoms with Gasteiger partial charge < -0.3 is 15.0 Å². The quantitative estimate of drug-likeness (QED) is 0.560. The predicted octanol–water partition coefficient (Wildman–Crippen LogP) is 3.94. The van der Waals surface area contributed by atoms with Gasteiger partial charge in [0.2, 0.25) is 5.95 Å². The fourth-order valence-corrected chi connectivity index (χ4v) is 3.85. The molecule has 7 heteroatoms. The van der Waals surface area contributed by atoms with Crippen molar-refractivity contribution < 1.29 is 8.85 Å². The van der Waals surface area contributed by atoms with Gasteiger partial charge in [-0.05, 0) is 43.4 Å². The Kier molecular flexibility index (Phi) is 3.58. The molecule has 0 unspecified atom stereocenters. The molecular formula is C21H22N6O. The van der Waals surface area contributed by atoms with E-state index in [2.05, 4.69) is 30.2 Å². The molecule has 5 rings (SSSR count). The highest BCUT2D eigenvalue weighted by Crippen LogP contribution is 2.30. The third-order valence-electron chi connectivity index (χ3n) is 5.39. The number of aromatic nitrogens is 5. The maximum absolute atomic E-state index is 7.24. The van der Waals surface area contributed by atoms with Crippen molar-refractivity contribution in [3.05, 3.63) is 43.0 Å². The van der Waals surface area contributed by atoms with E-state index < -0.39 is 7.04 Å². The summed E-state index contributed by atoms with van der Waals surface area (Å²) in [5.41, 5.74) is 4.48. The molecule has 0 bridgehead atoms. The third kappa shape index (κ3) is 3.18. The van der Waals surface area contributed by atoms with Crippen molar-refractivity contribution in [3.63, 3.8) is 0 Å². The molecule has 28 heavy (non-hydrogen) atoms. The van der Waals surface area contributed by atoms with Gasteiger partial charge in [0.25, 0.3) is 0 Å². The number of H-pyrrole nitrogens is 1. The third-order valence-corrected chi connectivity index (χ3v) is 5.39. The van der Waals surface area contributed by atoms with Crippen LogP contribution in [-0.2, 0) is 4.74 Å². The summed E-state index contributed by atoms with van der Waals surface area (Å²) in [6, 6.07) is 6.18. The lowest BCUT2D eigenvalue weighted by atomic mass is 9.93. The van der Waals surface area contributed by atoms with Gasteiger partial charge in [-0.2, -0.15) is 4.98 Å². The van der Waals surface area contributed by atoms with Crippen LogP contribution in [0.15, 0.2) is 43.0 Å². The van der Waals surface area contributed by atoms with E-state index in [0.717, 1.165) is 46.0 Å². The number of ether oxygens (including phenoxy) is 1. The molecule has 3 aromatic heterocycles. The van der Waals surface area contributed by atoms with Gasteiger partial charge in [-0.1, -0.05) is 6.07 Å². The number of rotatable bonds is 4. The summed E-state index contributed by atoms with van der Waals surface area (Å²) in [7, 11) is -2.33. The number of aromatic amines is 1. The first-order valence-corrected chi connectivity index (χ1v) is 9.44. The van der Waals surface area contributed by atoms with Gasteiger partial charge in [0.15, 0.2) is 0 Å². The zero-order valence-electron chi connectivity index (χ0n) is 18.2. The molecule has 0 aliphatic heterocycles. The van der Waals surface area contributed by atoms with Crippen LogP contribution in [0.5, 0.6) is 0 Å². The molecule has 0 radical (unpaired) electrons. The number of nitrogens with zero attached hydrogens (tertiary/aromatic N) is 4. The van der Waals surface area contributed by atoms with Crippen LogP contribution in [0.2, 0.25) is 0 Å². The minimum atomic E-state index is -2.33. The summed E-state index contributed by atoms with van der Waals surface area (Å²) in [6.07, 6.45) is 9.94. The smallest absolute Gasteiger partial charge is 0.224 e. The van der Waals surface area contributed by atoms with Crippen LogP contribution in [0.25, 0.3) is 33.2 Å². The normalized spacial score (nSPS) is 21.9. The minimum Gasteiger partial charge on any atom is -0.381 e. The average molecular weight is 377 g/mol. The van der Waals surface area contributed by atoms with Crippen LogP contribution < -0.4 is 5.32 Å². The second kappa shape index (κ2) is 7.16. The molecule has 1 saturated carbocycles. The lowest BCUT2D eigenvalue weighted by molar-refractivity contribution is 0.0681. The monoisotopic (exact) mass is 377 g/mol. The van der Waals surface area contributed by atoms with Crippen molar-refractivity contribution in [3.8, 4) is 11.1 Å². The van der Waals surface area contributed by atoms with Crippen LogP contribution in [0.4, 0.5) is 5.95 Å². The van der Waals surface area contributed by atoms with Gasteiger partial charge in [0.1, 0.15) is 5.65 Å². The van der Waals surface area contributed by atoms with Crippen molar-refractivity contribution in [1.29, 1.82) is 0 Å². The van der Waals surface area contributed by atoms with E-state index in [-0.39, 0.29) is 12.1 Å². The first-order valence-electron chi connectivity index (χ1n) is 10.9. The van der Waals surface area contributed by atoms with E-state index in [9.17, 15) is 0 Å². The highest BCUT2D eigenvalue weighted by atomic mass is 16.5. The zero-order valence-corrected chi connectivity index (χ0v) is 15.2. The summed E-state index contributed by atoms with van der Waals surface area (Å²) < 4.78 is 26.9. The van der Waals surface area contributed by atoms with E-state index in [4.69, 9.17) is 8.85 Å². The van der Waals surface area contributed by atoms with Crippen molar-refractivity contribution in [1.82, 2.24) is 24.9 Å². The van der Waals surface area contributed by atoms with Crippen molar-refractivity contribution >= 4 is 28.0 Å². The molecule has 3 heterocycles. The molecule has 0 atom stereocenters. The molecular weight excluding hydrogens is 352 g/mol. The van der Waals surface area contributed by atoms with Gasteiger partial charge in [-0.15, -0.1) is 0 Å². The molecule has 7 nitrogen and oxygen atoms in total. The van der Waals surface area contributed by atoms with Gasteiger partial charge in [0, 0.05) is 48.8 Å². The van der Waals surface area contributed by atoms with E-state index >= 15 is 0 Å². The molecule has 4 aromatic rings. The molecule has 0 amide bonds. The topological polar surface area (TPSA) is 88.6 Å². The van der Waals surface area contributed by atoms with E-state index in [1.807, 2.05) is 30.6 Å². The summed E-state index contributed by atoms with van der Waals surface area (Å²) in [5, 5.41) is 4.31. The van der Waals surface area contributed by atoms with Crippen molar-refractivity contribution in [2.75, 3.05) is 12.4 Å². The predicted molar refractivity (Wildman–Crippen MR) is 109 cm³/mol. The van der Waals surface area contributed by atoms with Gasteiger partial charge in [-0.3, -0.25) is 9.97 Å². The molecule has 1 aliphatic rings. The number of hydrogen-bond donors (Lipinski definition) is 2. The highest BCUT2D eigenvalue weighted by molar-refractivity contribution is 5.95. The molecule has 1 fully saturated rings. The van der Waals surface area contributed by atoms with Crippen LogP contribution in [0.3, 0.4) is 0 Å². The molecule has 1 aromatic carbocycles. The molecule has 0 spiro atoms. The van der Waals surface area contributed by atoms with Crippen LogP contribution in [0, 0.1) is 0 Å². The Labute approximate surface area is 166 Å². The Morgan fingerprint density at radius 2 is 1.96 bits per heavy atom. The second-order valence-corrected chi connectivity index (χ2v) is 7.15. The molecule has 142 valence electrons. The van der Waals surface area contributed by atoms with Gasteiger partial charge >= 0.3 is 0 Å². The maximum atomic E-state index is 7.24. The molecule has 1 aliphatic carbocycles. The Balaban J connectivity index is 1.30. The van der Waals surface area contributed by atoms with Crippen LogP contribution in [0.1, 0.15) is 29.8 Å². The first-order chi connectivity index (χ1) is 14.9. The number of methoxy groups -OCH3 is 1.